The van der Waals surface area contributed by atoms with E-state index >= 15 is 0 Å². The van der Waals surface area contributed by atoms with Gasteiger partial charge in [-0.15, -0.1) is 0 Å². The van der Waals surface area contributed by atoms with Gasteiger partial charge in [-0.3, -0.25) is 4.79 Å². The summed E-state index contributed by atoms with van der Waals surface area (Å²) in [6.07, 6.45) is 1.31. The number of halogens is 2. The van der Waals surface area contributed by atoms with Gasteiger partial charge in [-0.2, -0.15) is 0 Å². The Balaban J connectivity index is 2.10. The maximum absolute atomic E-state index is 13.4. The summed E-state index contributed by atoms with van der Waals surface area (Å²) >= 11 is 5.70. The molecule has 19 heavy (non-hydrogen) atoms. The Morgan fingerprint density at radius 1 is 1.42 bits per heavy atom. The third-order valence-corrected chi connectivity index (χ3v) is 2.75. The smallest absolute Gasteiger partial charge is 0.253 e. The third kappa shape index (κ3) is 3.20. The van der Waals surface area contributed by atoms with E-state index in [4.69, 9.17) is 17.3 Å². The zero-order chi connectivity index (χ0) is 13.8. The van der Waals surface area contributed by atoms with Gasteiger partial charge in [0.1, 0.15) is 11.0 Å². The molecule has 0 radical (unpaired) electrons. The number of benzene rings is 1. The third-order valence-electron chi connectivity index (χ3n) is 2.54. The summed E-state index contributed by atoms with van der Waals surface area (Å²) in [6, 6.07) is 7.58. The molecule has 0 bridgehead atoms. The second-order valence-electron chi connectivity index (χ2n) is 3.87. The first-order valence-electron chi connectivity index (χ1n) is 5.50. The SMILES string of the molecule is Nc1cnc(Cl)cc1C(=O)NCc1ccccc1F. The van der Waals surface area contributed by atoms with E-state index in [1.165, 1.54) is 18.3 Å². The average Bonchev–Trinajstić information content (AvgIpc) is 2.40. The second kappa shape index (κ2) is 5.67. The predicted molar refractivity (Wildman–Crippen MR) is 71.2 cm³/mol. The van der Waals surface area contributed by atoms with Crippen LogP contribution in [0, 0.1) is 5.82 Å². The monoisotopic (exact) mass is 279 g/mol. The molecule has 0 spiro atoms. The van der Waals surface area contributed by atoms with Crippen LogP contribution in [0.2, 0.25) is 5.15 Å². The molecule has 0 atom stereocenters. The summed E-state index contributed by atoms with van der Waals surface area (Å²) in [5.74, 6) is -0.798. The van der Waals surface area contributed by atoms with Gasteiger partial charge in [0.2, 0.25) is 0 Å². The minimum absolute atomic E-state index is 0.0743. The molecule has 4 nitrogen and oxygen atoms in total. The number of nitrogens with one attached hydrogen (secondary N) is 1. The first kappa shape index (κ1) is 13.3. The van der Waals surface area contributed by atoms with Gasteiger partial charge in [0.15, 0.2) is 0 Å². The quantitative estimate of drug-likeness (QED) is 0.848. The number of anilines is 1. The van der Waals surface area contributed by atoms with Gasteiger partial charge in [0.05, 0.1) is 17.4 Å². The number of pyridine rings is 1. The van der Waals surface area contributed by atoms with Crippen LogP contribution in [-0.2, 0) is 6.54 Å². The van der Waals surface area contributed by atoms with Crippen LogP contribution >= 0.6 is 11.6 Å². The van der Waals surface area contributed by atoms with Crippen molar-refractivity contribution in [3.05, 3.63) is 58.6 Å². The van der Waals surface area contributed by atoms with E-state index in [1.807, 2.05) is 0 Å². The Bertz CT molecular complexity index is 619. The minimum atomic E-state index is -0.426. The summed E-state index contributed by atoms with van der Waals surface area (Å²) in [5.41, 5.74) is 6.47. The average molecular weight is 280 g/mol. The van der Waals surface area contributed by atoms with Gasteiger partial charge in [0.25, 0.3) is 5.91 Å². The lowest BCUT2D eigenvalue weighted by molar-refractivity contribution is 0.0951. The van der Waals surface area contributed by atoms with E-state index in [0.29, 0.717) is 5.56 Å². The Morgan fingerprint density at radius 3 is 2.89 bits per heavy atom. The summed E-state index contributed by atoms with van der Waals surface area (Å²) in [5, 5.41) is 2.75. The summed E-state index contributed by atoms with van der Waals surface area (Å²) in [7, 11) is 0. The predicted octanol–water partition coefficient (Wildman–Crippen LogP) is 2.39. The van der Waals surface area contributed by atoms with Gasteiger partial charge >= 0.3 is 0 Å². The molecule has 1 aromatic carbocycles. The molecule has 0 aliphatic carbocycles. The first-order chi connectivity index (χ1) is 9.08. The van der Waals surface area contributed by atoms with Crippen LogP contribution in [0.3, 0.4) is 0 Å². The van der Waals surface area contributed by atoms with Crippen molar-refractivity contribution < 1.29 is 9.18 Å². The Morgan fingerprint density at radius 2 is 2.16 bits per heavy atom. The molecule has 0 unspecified atom stereocenters. The van der Waals surface area contributed by atoms with Crippen LogP contribution in [0.4, 0.5) is 10.1 Å². The number of carbonyl (C=O) groups is 1. The van der Waals surface area contributed by atoms with Crippen LogP contribution in [0.1, 0.15) is 15.9 Å². The van der Waals surface area contributed by atoms with Crippen LogP contribution in [-0.4, -0.2) is 10.9 Å². The Kier molecular flexibility index (Phi) is 3.97. The molecule has 0 saturated carbocycles. The number of nitrogen functional groups attached to an aromatic ring is 1. The molecule has 98 valence electrons. The molecule has 0 aliphatic heterocycles. The largest absolute Gasteiger partial charge is 0.397 e. The summed E-state index contributed by atoms with van der Waals surface area (Å²) in [4.78, 5) is 15.7. The maximum atomic E-state index is 13.4. The maximum Gasteiger partial charge on any atom is 0.253 e. The molecule has 1 aromatic heterocycles. The van der Waals surface area contributed by atoms with E-state index in [0.717, 1.165) is 0 Å². The van der Waals surface area contributed by atoms with Crippen molar-refractivity contribution in [3.63, 3.8) is 0 Å². The fourth-order valence-electron chi connectivity index (χ4n) is 1.55. The fourth-order valence-corrected chi connectivity index (χ4v) is 1.71. The molecule has 1 amide bonds. The number of nitrogens with zero attached hydrogens (tertiary/aromatic N) is 1. The molecule has 0 aliphatic rings. The molecule has 2 rings (SSSR count). The standard InChI is InChI=1S/C13H11ClFN3O/c14-12-5-9(11(16)7-17-12)13(19)18-6-8-3-1-2-4-10(8)15/h1-5,7H,6,16H2,(H,18,19). The molecule has 3 N–H and O–H groups in total. The topological polar surface area (TPSA) is 68.0 Å². The molecule has 1 heterocycles. The van der Waals surface area contributed by atoms with Crippen molar-refractivity contribution in [2.24, 2.45) is 0 Å². The number of hydrogen-bond acceptors (Lipinski definition) is 3. The lowest BCUT2D eigenvalue weighted by Crippen LogP contribution is -2.24. The number of nitrogens with two attached hydrogens (primary N) is 1. The van der Waals surface area contributed by atoms with Crippen molar-refractivity contribution >= 4 is 23.2 Å². The van der Waals surface area contributed by atoms with E-state index < -0.39 is 5.91 Å². The molecular weight excluding hydrogens is 269 g/mol. The van der Waals surface area contributed by atoms with Gasteiger partial charge in [-0.25, -0.2) is 9.37 Å². The van der Waals surface area contributed by atoms with Crippen LogP contribution in [0.25, 0.3) is 0 Å². The van der Waals surface area contributed by atoms with Gasteiger partial charge in [0, 0.05) is 12.1 Å². The van der Waals surface area contributed by atoms with Crippen molar-refractivity contribution in [1.82, 2.24) is 10.3 Å². The van der Waals surface area contributed by atoms with Crippen molar-refractivity contribution in [1.29, 1.82) is 0 Å². The van der Waals surface area contributed by atoms with Crippen LogP contribution in [0.15, 0.2) is 36.5 Å². The van der Waals surface area contributed by atoms with Gasteiger partial charge < -0.3 is 11.1 Å². The fraction of sp³-hybridized carbons (Fsp3) is 0.0769. The highest BCUT2D eigenvalue weighted by molar-refractivity contribution is 6.29. The summed E-state index contributed by atoms with van der Waals surface area (Å²) in [6.45, 7) is 0.0743. The molecule has 6 heteroatoms. The zero-order valence-corrected chi connectivity index (χ0v) is 10.6. The lowest BCUT2D eigenvalue weighted by Gasteiger charge is -2.08. The lowest BCUT2D eigenvalue weighted by atomic mass is 10.2. The number of aromatic nitrogens is 1. The van der Waals surface area contributed by atoms with E-state index in [1.54, 1.807) is 18.2 Å². The van der Waals surface area contributed by atoms with Gasteiger partial charge in [-0.05, 0) is 12.1 Å². The molecule has 0 fully saturated rings. The van der Waals surface area contributed by atoms with E-state index in [2.05, 4.69) is 10.3 Å². The van der Waals surface area contributed by atoms with Crippen LogP contribution in [0.5, 0.6) is 0 Å². The van der Waals surface area contributed by atoms with E-state index in [-0.39, 0.29) is 28.8 Å². The Hall–Kier alpha value is -2.14. The molecule has 2 aromatic rings. The Labute approximate surface area is 114 Å². The number of carbonyl (C=O) groups excluding carboxylic acids is 1. The van der Waals surface area contributed by atoms with Crippen molar-refractivity contribution in [3.8, 4) is 0 Å². The number of hydrogen-bond donors (Lipinski definition) is 2. The minimum Gasteiger partial charge on any atom is -0.397 e. The van der Waals surface area contributed by atoms with Gasteiger partial charge in [-0.1, -0.05) is 29.8 Å². The number of amides is 1. The molecule has 0 saturated heterocycles. The number of rotatable bonds is 3. The highest BCUT2D eigenvalue weighted by Crippen LogP contribution is 2.15. The highest BCUT2D eigenvalue weighted by atomic mass is 35.5. The van der Waals surface area contributed by atoms with Crippen LogP contribution < -0.4 is 11.1 Å². The first-order valence-corrected chi connectivity index (χ1v) is 5.88. The van der Waals surface area contributed by atoms with E-state index in [9.17, 15) is 9.18 Å². The zero-order valence-electron chi connectivity index (χ0n) is 9.86. The highest BCUT2D eigenvalue weighted by Gasteiger charge is 2.11. The second-order valence-corrected chi connectivity index (χ2v) is 4.26. The normalized spacial score (nSPS) is 10.2. The summed E-state index contributed by atoms with van der Waals surface area (Å²) < 4.78 is 13.4. The van der Waals surface area contributed by atoms with Crippen molar-refractivity contribution in [2.75, 3.05) is 5.73 Å². The molecular formula is C13H11ClFN3O. The van der Waals surface area contributed by atoms with Crippen molar-refractivity contribution in [2.45, 2.75) is 6.54 Å².